The van der Waals surface area contributed by atoms with E-state index in [1.165, 1.54) is 7.11 Å². The molecule has 1 heterocycles. The first-order chi connectivity index (χ1) is 8.67. The van der Waals surface area contributed by atoms with Crippen LogP contribution in [0.3, 0.4) is 0 Å². The fourth-order valence-corrected chi connectivity index (χ4v) is 1.69. The van der Waals surface area contributed by atoms with Crippen molar-refractivity contribution >= 4 is 5.97 Å². The Hall–Kier alpha value is -1.55. The third kappa shape index (κ3) is 4.75. The number of carbonyl (C=O) groups is 1. The van der Waals surface area contributed by atoms with Crippen LogP contribution in [0.25, 0.3) is 0 Å². The Morgan fingerprint density at radius 1 is 1.61 bits per heavy atom. The lowest BCUT2D eigenvalue weighted by Gasteiger charge is -2.11. The van der Waals surface area contributed by atoms with Crippen LogP contribution in [0, 0.1) is 0 Å². The van der Waals surface area contributed by atoms with E-state index in [4.69, 9.17) is 9.15 Å². The average molecular weight is 251 g/mol. The molecule has 18 heavy (non-hydrogen) atoms. The van der Waals surface area contributed by atoms with Gasteiger partial charge < -0.3 is 14.5 Å². The molecular weight excluding hydrogens is 230 g/mol. The van der Waals surface area contributed by atoms with Crippen LogP contribution in [0.1, 0.15) is 26.0 Å². The summed E-state index contributed by atoms with van der Waals surface area (Å²) in [6.45, 7) is 4.68. The number of hydrogen-bond acceptors (Lipinski definition) is 4. The zero-order valence-electron chi connectivity index (χ0n) is 11.2. The summed E-state index contributed by atoms with van der Waals surface area (Å²) in [5.74, 6) is 0.709. The highest BCUT2D eigenvalue weighted by Gasteiger charge is 2.07. The predicted molar refractivity (Wildman–Crippen MR) is 70.3 cm³/mol. The van der Waals surface area contributed by atoms with E-state index in [1.807, 2.05) is 25.1 Å². The number of nitrogens with one attached hydrogen (secondary N) is 1. The molecule has 1 aromatic heterocycles. The second-order valence-electron chi connectivity index (χ2n) is 4.17. The zero-order chi connectivity index (χ0) is 13.4. The summed E-state index contributed by atoms with van der Waals surface area (Å²) in [6, 6.07) is 4.14. The van der Waals surface area contributed by atoms with E-state index in [0.29, 0.717) is 24.6 Å². The highest BCUT2D eigenvalue weighted by atomic mass is 16.5. The zero-order valence-corrected chi connectivity index (χ0v) is 11.2. The van der Waals surface area contributed by atoms with Crippen LogP contribution in [0.2, 0.25) is 0 Å². The molecule has 0 aliphatic rings. The first-order valence-corrected chi connectivity index (χ1v) is 6.20. The smallest absolute Gasteiger partial charge is 0.333 e. The van der Waals surface area contributed by atoms with Crippen molar-refractivity contribution in [2.24, 2.45) is 0 Å². The molecule has 4 nitrogen and oxygen atoms in total. The summed E-state index contributed by atoms with van der Waals surface area (Å²) in [7, 11) is 1.40. The van der Waals surface area contributed by atoms with Crippen molar-refractivity contribution in [2.75, 3.05) is 13.7 Å². The van der Waals surface area contributed by atoms with Gasteiger partial charge in [-0.2, -0.15) is 0 Å². The van der Waals surface area contributed by atoms with Crippen LogP contribution < -0.4 is 5.32 Å². The van der Waals surface area contributed by atoms with Crippen molar-refractivity contribution in [2.45, 2.75) is 32.7 Å². The minimum atomic E-state index is -0.252. The van der Waals surface area contributed by atoms with Gasteiger partial charge in [0.1, 0.15) is 5.76 Å². The number of carbonyl (C=O) groups excluding carboxylic acids is 1. The van der Waals surface area contributed by atoms with E-state index in [9.17, 15) is 4.79 Å². The molecule has 0 saturated heterocycles. The lowest BCUT2D eigenvalue weighted by Crippen LogP contribution is -2.28. The maximum Gasteiger partial charge on any atom is 0.333 e. The van der Waals surface area contributed by atoms with E-state index in [2.05, 4.69) is 12.2 Å². The van der Waals surface area contributed by atoms with Crippen LogP contribution in [0.4, 0.5) is 0 Å². The van der Waals surface area contributed by atoms with Crippen molar-refractivity contribution in [3.8, 4) is 0 Å². The third-order valence-electron chi connectivity index (χ3n) is 2.73. The first-order valence-electron chi connectivity index (χ1n) is 6.20. The van der Waals surface area contributed by atoms with Crippen molar-refractivity contribution in [1.29, 1.82) is 0 Å². The molecule has 0 aliphatic heterocycles. The third-order valence-corrected chi connectivity index (χ3v) is 2.73. The molecule has 1 rings (SSSR count). The fraction of sp³-hybridized carbons (Fsp3) is 0.500. The van der Waals surface area contributed by atoms with Gasteiger partial charge in [-0.25, -0.2) is 4.79 Å². The van der Waals surface area contributed by atoms with Gasteiger partial charge in [-0.15, -0.1) is 0 Å². The predicted octanol–water partition coefficient (Wildman–Crippen LogP) is 2.31. The second kappa shape index (κ2) is 7.71. The molecule has 1 aromatic rings. The maximum absolute atomic E-state index is 11.3. The molecule has 0 bridgehead atoms. The lowest BCUT2D eigenvalue weighted by molar-refractivity contribution is -0.136. The highest BCUT2D eigenvalue weighted by molar-refractivity contribution is 5.88. The Morgan fingerprint density at radius 3 is 2.94 bits per heavy atom. The van der Waals surface area contributed by atoms with Gasteiger partial charge >= 0.3 is 5.97 Å². The molecule has 0 aromatic carbocycles. The fourth-order valence-electron chi connectivity index (χ4n) is 1.69. The molecule has 1 unspecified atom stereocenters. The quantitative estimate of drug-likeness (QED) is 0.597. The van der Waals surface area contributed by atoms with E-state index in [1.54, 1.807) is 6.26 Å². The minimum Gasteiger partial charge on any atom is -0.469 e. The second-order valence-corrected chi connectivity index (χ2v) is 4.17. The monoisotopic (exact) mass is 251 g/mol. The van der Waals surface area contributed by atoms with Gasteiger partial charge in [0.25, 0.3) is 0 Å². The van der Waals surface area contributed by atoms with Gasteiger partial charge in [-0.3, -0.25) is 0 Å². The van der Waals surface area contributed by atoms with Crippen molar-refractivity contribution in [3.05, 3.63) is 35.8 Å². The molecule has 0 fully saturated rings. The molecule has 100 valence electrons. The standard InChI is InChI=1S/C14H21NO3/c1-4-12(14(16)17-3)7-8-15-11(2)10-13-6-5-9-18-13/h5-7,9,11,15H,4,8,10H2,1-3H3/b12-7-. The summed E-state index contributed by atoms with van der Waals surface area (Å²) >= 11 is 0. The Balaban J connectivity index is 2.35. The maximum atomic E-state index is 11.3. The van der Waals surface area contributed by atoms with Crippen molar-refractivity contribution < 1.29 is 13.9 Å². The molecule has 0 spiro atoms. The van der Waals surface area contributed by atoms with Crippen LogP contribution in [-0.4, -0.2) is 25.7 Å². The van der Waals surface area contributed by atoms with Gasteiger partial charge in [0.15, 0.2) is 0 Å². The van der Waals surface area contributed by atoms with Crippen LogP contribution in [0.5, 0.6) is 0 Å². The van der Waals surface area contributed by atoms with E-state index < -0.39 is 0 Å². The highest BCUT2D eigenvalue weighted by Crippen LogP contribution is 2.05. The number of rotatable bonds is 7. The molecule has 0 aliphatic carbocycles. The first kappa shape index (κ1) is 14.5. The molecule has 0 saturated carbocycles. The summed E-state index contributed by atoms with van der Waals surface area (Å²) < 4.78 is 9.97. The Kier molecular flexibility index (Phi) is 6.22. The van der Waals surface area contributed by atoms with Gasteiger partial charge in [0, 0.05) is 24.6 Å². The molecular formula is C14H21NO3. The van der Waals surface area contributed by atoms with E-state index in [0.717, 1.165) is 12.2 Å². The normalized spacial score (nSPS) is 13.4. The van der Waals surface area contributed by atoms with Gasteiger partial charge in [-0.05, 0) is 25.5 Å². The number of methoxy groups -OCH3 is 1. The molecule has 1 N–H and O–H groups in total. The van der Waals surface area contributed by atoms with Crippen molar-refractivity contribution in [1.82, 2.24) is 5.32 Å². The van der Waals surface area contributed by atoms with Gasteiger partial charge in [0.05, 0.1) is 13.4 Å². The molecule has 4 heteroatoms. The number of furan rings is 1. The van der Waals surface area contributed by atoms with Gasteiger partial charge in [-0.1, -0.05) is 13.0 Å². The van der Waals surface area contributed by atoms with Crippen LogP contribution in [0.15, 0.2) is 34.5 Å². The Morgan fingerprint density at radius 2 is 2.39 bits per heavy atom. The Labute approximate surface area is 108 Å². The largest absolute Gasteiger partial charge is 0.469 e. The van der Waals surface area contributed by atoms with Gasteiger partial charge in [0.2, 0.25) is 0 Å². The summed E-state index contributed by atoms with van der Waals surface area (Å²) in [4.78, 5) is 11.3. The van der Waals surface area contributed by atoms with Crippen LogP contribution in [-0.2, 0) is 16.0 Å². The molecule has 0 amide bonds. The number of hydrogen-bond donors (Lipinski definition) is 1. The average Bonchev–Trinajstić information content (AvgIpc) is 2.86. The summed E-state index contributed by atoms with van der Waals surface area (Å²) in [5, 5.41) is 3.32. The summed E-state index contributed by atoms with van der Waals surface area (Å²) in [5.41, 5.74) is 0.704. The van der Waals surface area contributed by atoms with E-state index >= 15 is 0 Å². The lowest BCUT2D eigenvalue weighted by atomic mass is 10.1. The van der Waals surface area contributed by atoms with Crippen LogP contribution >= 0.6 is 0 Å². The summed E-state index contributed by atoms with van der Waals surface area (Å²) in [6.07, 6.45) is 5.07. The molecule has 0 radical (unpaired) electrons. The number of esters is 1. The SMILES string of the molecule is CC/C(=C/CNC(C)Cc1ccco1)C(=O)OC. The number of ether oxygens (including phenoxy) is 1. The molecule has 1 atom stereocenters. The Bertz CT molecular complexity index is 382. The minimum absolute atomic E-state index is 0.252. The topological polar surface area (TPSA) is 51.5 Å². The van der Waals surface area contributed by atoms with E-state index in [-0.39, 0.29) is 5.97 Å². The van der Waals surface area contributed by atoms with Crippen molar-refractivity contribution in [3.63, 3.8) is 0 Å².